The lowest BCUT2D eigenvalue weighted by atomic mass is 10.0. The van der Waals surface area contributed by atoms with Crippen molar-refractivity contribution >= 4 is 10.0 Å². The first-order valence-electron chi connectivity index (χ1n) is 7.78. The summed E-state index contributed by atoms with van der Waals surface area (Å²) in [6.07, 6.45) is 2.10. The van der Waals surface area contributed by atoms with Gasteiger partial charge in [-0.25, -0.2) is 8.42 Å². The van der Waals surface area contributed by atoms with Crippen molar-refractivity contribution in [2.45, 2.75) is 43.8 Å². The van der Waals surface area contributed by atoms with E-state index in [4.69, 9.17) is 9.47 Å². The molecule has 2 fully saturated rings. The van der Waals surface area contributed by atoms with E-state index < -0.39 is 15.8 Å². The smallest absolute Gasteiger partial charge is 0.243 e. The van der Waals surface area contributed by atoms with Crippen molar-refractivity contribution in [1.82, 2.24) is 4.31 Å². The van der Waals surface area contributed by atoms with Crippen LogP contribution < -0.4 is 0 Å². The summed E-state index contributed by atoms with van der Waals surface area (Å²) in [5.41, 5.74) is 1.74. The van der Waals surface area contributed by atoms with Crippen LogP contribution >= 0.6 is 0 Å². The molecule has 122 valence electrons. The van der Waals surface area contributed by atoms with E-state index in [9.17, 15) is 8.42 Å². The first-order chi connectivity index (χ1) is 10.4. The molecule has 22 heavy (non-hydrogen) atoms. The number of benzene rings is 1. The van der Waals surface area contributed by atoms with Crippen molar-refractivity contribution in [2.24, 2.45) is 0 Å². The fourth-order valence-corrected chi connectivity index (χ4v) is 4.85. The number of nitrogens with zero attached hydrogens (tertiary/aromatic N) is 1. The maximum absolute atomic E-state index is 12.9. The van der Waals surface area contributed by atoms with E-state index in [2.05, 4.69) is 0 Å². The maximum atomic E-state index is 12.9. The van der Waals surface area contributed by atoms with Crippen LogP contribution in [0.3, 0.4) is 0 Å². The average Bonchev–Trinajstić information content (AvgIpc) is 2.51. The molecule has 1 spiro atoms. The van der Waals surface area contributed by atoms with E-state index in [1.165, 1.54) is 0 Å². The Morgan fingerprint density at radius 1 is 1.09 bits per heavy atom. The largest absolute Gasteiger partial charge is 0.350 e. The van der Waals surface area contributed by atoms with Crippen molar-refractivity contribution < 1.29 is 17.9 Å². The highest BCUT2D eigenvalue weighted by molar-refractivity contribution is 7.89. The Hall–Kier alpha value is -0.950. The van der Waals surface area contributed by atoms with E-state index in [0.717, 1.165) is 17.5 Å². The quantitative estimate of drug-likeness (QED) is 0.837. The van der Waals surface area contributed by atoms with Gasteiger partial charge in [0.1, 0.15) is 0 Å². The van der Waals surface area contributed by atoms with Crippen LogP contribution in [0.15, 0.2) is 23.1 Å². The molecule has 0 atom stereocenters. The molecule has 6 heteroatoms. The lowest BCUT2D eigenvalue weighted by Crippen LogP contribution is -2.51. The average molecular weight is 325 g/mol. The van der Waals surface area contributed by atoms with Crippen LogP contribution in [0, 0.1) is 13.8 Å². The Balaban J connectivity index is 1.78. The van der Waals surface area contributed by atoms with Crippen molar-refractivity contribution in [3.63, 3.8) is 0 Å². The summed E-state index contributed by atoms with van der Waals surface area (Å²) in [6.45, 7) is 6.03. The monoisotopic (exact) mass is 325 g/mol. The second-order valence-electron chi connectivity index (χ2n) is 6.13. The predicted molar refractivity (Wildman–Crippen MR) is 83.2 cm³/mol. The van der Waals surface area contributed by atoms with Gasteiger partial charge in [0.2, 0.25) is 10.0 Å². The van der Waals surface area contributed by atoms with Crippen LogP contribution in [0.2, 0.25) is 0 Å². The number of hydrogen-bond donors (Lipinski definition) is 0. The van der Waals surface area contributed by atoms with E-state index >= 15 is 0 Å². The van der Waals surface area contributed by atoms with Crippen LogP contribution in [0.4, 0.5) is 0 Å². The number of rotatable bonds is 2. The van der Waals surface area contributed by atoms with Gasteiger partial charge >= 0.3 is 0 Å². The van der Waals surface area contributed by atoms with E-state index in [1.807, 2.05) is 26.0 Å². The molecule has 0 aromatic heterocycles. The van der Waals surface area contributed by atoms with Gasteiger partial charge in [0.15, 0.2) is 5.79 Å². The topological polar surface area (TPSA) is 55.8 Å². The number of sulfonamides is 1. The Morgan fingerprint density at radius 2 is 1.73 bits per heavy atom. The maximum Gasteiger partial charge on any atom is 0.243 e. The van der Waals surface area contributed by atoms with Crippen LogP contribution in [0.25, 0.3) is 0 Å². The zero-order chi connectivity index (χ0) is 15.8. The minimum atomic E-state index is -3.45. The fraction of sp³-hybridized carbons (Fsp3) is 0.625. The van der Waals surface area contributed by atoms with Crippen molar-refractivity contribution in [3.05, 3.63) is 29.3 Å². The fourth-order valence-electron chi connectivity index (χ4n) is 3.10. The Bertz CT molecular complexity index is 640. The van der Waals surface area contributed by atoms with Gasteiger partial charge in [-0.05, 0) is 37.5 Å². The second kappa shape index (κ2) is 5.92. The molecule has 0 unspecified atom stereocenters. The highest BCUT2D eigenvalue weighted by Gasteiger charge is 2.41. The molecule has 0 amide bonds. The third-order valence-corrected chi connectivity index (χ3v) is 6.51. The van der Waals surface area contributed by atoms with Gasteiger partial charge in [0.25, 0.3) is 0 Å². The lowest BCUT2D eigenvalue weighted by molar-refractivity contribution is -0.280. The summed E-state index contributed by atoms with van der Waals surface area (Å²) in [7, 11) is -3.45. The van der Waals surface area contributed by atoms with Gasteiger partial charge in [-0.1, -0.05) is 12.1 Å². The van der Waals surface area contributed by atoms with Gasteiger partial charge in [0.05, 0.1) is 18.1 Å². The molecule has 2 heterocycles. The van der Waals surface area contributed by atoms with E-state index in [0.29, 0.717) is 44.0 Å². The third kappa shape index (κ3) is 2.93. The zero-order valence-electron chi connectivity index (χ0n) is 13.2. The number of piperidine rings is 1. The van der Waals surface area contributed by atoms with Crippen LogP contribution in [-0.4, -0.2) is 44.8 Å². The third-order valence-electron chi connectivity index (χ3n) is 4.46. The molecule has 5 nitrogen and oxygen atoms in total. The second-order valence-corrected chi connectivity index (χ2v) is 8.04. The van der Waals surface area contributed by atoms with Crippen molar-refractivity contribution in [2.75, 3.05) is 26.3 Å². The number of hydrogen-bond acceptors (Lipinski definition) is 4. The van der Waals surface area contributed by atoms with Crippen LogP contribution in [-0.2, 0) is 19.5 Å². The molecule has 2 aliphatic heterocycles. The van der Waals surface area contributed by atoms with Crippen molar-refractivity contribution in [3.8, 4) is 0 Å². The SMILES string of the molecule is Cc1ccc(C)c(S(=O)(=O)N2CCC3(CC2)OCCCO3)c1. The Kier molecular flexibility index (Phi) is 4.29. The Morgan fingerprint density at radius 3 is 2.36 bits per heavy atom. The highest BCUT2D eigenvalue weighted by atomic mass is 32.2. The summed E-state index contributed by atoms with van der Waals surface area (Å²) < 4.78 is 38.9. The molecule has 0 saturated carbocycles. The molecular formula is C16H23NO4S. The summed E-state index contributed by atoms with van der Waals surface area (Å²) in [6, 6.07) is 5.55. The van der Waals surface area contributed by atoms with Crippen LogP contribution in [0.1, 0.15) is 30.4 Å². The molecule has 2 aliphatic rings. The first-order valence-corrected chi connectivity index (χ1v) is 9.22. The number of aryl methyl sites for hydroxylation is 2. The standard InChI is InChI=1S/C16H23NO4S/c1-13-4-5-14(2)15(12-13)22(18,19)17-8-6-16(7-9-17)20-10-3-11-21-16/h4-5,12H,3,6-11H2,1-2H3. The summed E-state index contributed by atoms with van der Waals surface area (Å²) in [4.78, 5) is 0.411. The molecule has 0 radical (unpaired) electrons. The van der Waals surface area contributed by atoms with Gasteiger partial charge in [-0.2, -0.15) is 4.31 Å². The molecule has 2 saturated heterocycles. The minimum absolute atomic E-state index is 0.411. The molecule has 1 aromatic rings. The van der Waals surface area contributed by atoms with Gasteiger partial charge in [-0.3, -0.25) is 0 Å². The van der Waals surface area contributed by atoms with Gasteiger partial charge in [0, 0.05) is 25.9 Å². The minimum Gasteiger partial charge on any atom is -0.350 e. The first kappa shape index (κ1) is 15.9. The summed E-state index contributed by atoms with van der Waals surface area (Å²) >= 11 is 0. The summed E-state index contributed by atoms with van der Waals surface area (Å²) in [5, 5.41) is 0. The van der Waals surface area contributed by atoms with E-state index in [-0.39, 0.29) is 0 Å². The molecule has 1 aromatic carbocycles. The van der Waals surface area contributed by atoms with Crippen LogP contribution in [0.5, 0.6) is 0 Å². The number of ether oxygens (including phenoxy) is 2. The molecule has 0 aliphatic carbocycles. The normalized spacial score (nSPS) is 22.8. The predicted octanol–water partition coefficient (Wildman–Crippen LogP) is 2.22. The highest BCUT2D eigenvalue weighted by Crippen LogP contribution is 2.33. The van der Waals surface area contributed by atoms with Gasteiger partial charge < -0.3 is 9.47 Å². The van der Waals surface area contributed by atoms with Crippen molar-refractivity contribution in [1.29, 1.82) is 0 Å². The Labute approximate surface area is 132 Å². The molecule has 0 bridgehead atoms. The zero-order valence-corrected chi connectivity index (χ0v) is 14.0. The van der Waals surface area contributed by atoms with E-state index in [1.54, 1.807) is 10.4 Å². The molecule has 0 N–H and O–H groups in total. The molecule has 3 rings (SSSR count). The lowest BCUT2D eigenvalue weighted by Gasteiger charge is -2.42. The molecular weight excluding hydrogens is 302 g/mol. The van der Waals surface area contributed by atoms with Gasteiger partial charge in [-0.15, -0.1) is 0 Å². The summed E-state index contributed by atoms with van der Waals surface area (Å²) in [5.74, 6) is -0.564.